The molecule has 106 valence electrons. The predicted molar refractivity (Wildman–Crippen MR) is 80.4 cm³/mol. The van der Waals surface area contributed by atoms with Crippen LogP contribution in [0.15, 0.2) is 54.7 Å². The monoisotopic (exact) mass is 280 g/mol. The van der Waals surface area contributed by atoms with E-state index in [1.165, 1.54) is 5.56 Å². The third-order valence-electron chi connectivity index (χ3n) is 3.48. The lowest BCUT2D eigenvalue weighted by Crippen LogP contribution is -1.98. The highest BCUT2D eigenvalue weighted by molar-refractivity contribution is 5.67. The second kappa shape index (κ2) is 5.79. The number of hydrogen-bond donors (Lipinski definition) is 1. The van der Waals surface area contributed by atoms with Crippen LogP contribution < -0.4 is 0 Å². The van der Waals surface area contributed by atoms with E-state index in [9.17, 15) is 4.79 Å². The van der Waals surface area contributed by atoms with Crippen LogP contribution in [0.25, 0.3) is 5.52 Å². The summed E-state index contributed by atoms with van der Waals surface area (Å²) in [5.41, 5.74) is 3.03. The van der Waals surface area contributed by atoms with Crippen LogP contribution in [0, 0.1) is 0 Å². The summed E-state index contributed by atoms with van der Waals surface area (Å²) in [6.07, 6.45) is 3.27. The summed E-state index contributed by atoms with van der Waals surface area (Å²) in [5, 5.41) is 8.85. The minimum atomic E-state index is -0.795. The van der Waals surface area contributed by atoms with E-state index in [0.717, 1.165) is 23.5 Å². The summed E-state index contributed by atoms with van der Waals surface area (Å²) in [7, 11) is 0. The number of carbonyl (C=O) groups is 1. The summed E-state index contributed by atoms with van der Waals surface area (Å²) < 4.78 is 2.05. The van der Waals surface area contributed by atoms with E-state index in [0.29, 0.717) is 6.42 Å². The van der Waals surface area contributed by atoms with Crippen molar-refractivity contribution >= 4 is 11.5 Å². The molecule has 2 heterocycles. The minimum Gasteiger partial charge on any atom is -0.481 e. The fraction of sp³-hybridized carbons (Fsp3) is 0.176. The van der Waals surface area contributed by atoms with Gasteiger partial charge in [-0.05, 0) is 17.7 Å². The van der Waals surface area contributed by atoms with Gasteiger partial charge < -0.3 is 9.51 Å². The molecule has 2 aromatic heterocycles. The van der Waals surface area contributed by atoms with Crippen LogP contribution in [0.4, 0.5) is 0 Å². The summed E-state index contributed by atoms with van der Waals surface area (Å²) in [6.45, 7) is 0. The molecule has 21 heavy (non-hydrogen) atoms. The average molecular weight is 280 g/mol. The van der Waals surface area contributed by atoms with Crippen molar-refractivity contribution in [2.75, 3.05) is 0 Å². The third kappa shape index (κ3) is 2.94. The lowest BCUT2D eigenvalue weighted by molar-refractivity contribution is -0.136. The zero-order valence-electron chi connectivity index (χ0n) is 11.6. The molecule has 0 fully saturated rings. The van der Waals surface area contributed by atoms with Gasteiger partial charge in [-0.3, -0.25) is 4.79 Å². The Morgan fingerprint density at radius 2 is 1.86 bits per heavy atom. The summed E-state index contributed by atoms with van der Waals surface area (Å²) in [6, 6.07) is 16.1. The topological polar surface area (TPSA) is 54.6 Å². The van der Waals surface area contributed by atoms with Gasteiger partial charge in [-0.1, -0.05) is 36.4 Å². The van der Waals surface area contributed by atoms with Gasteiger partial charge in [0.2, 0.25) is 0 Å². The van der Waals surface area contributed by atoms with Gasteiger partial charge in [0.05, 0.1) is 17.6 Å². The van der Waals surface area contributed by atoms with Crippen molar-refractivity contribution < 1.29 is 9.90 Å². The smallest absolute Gasteiger partial charge is 0.303 e. The highest BCUT2D eigenvalue weighted by Gasteiger charge is 2.12. The summed E-state index contributed by atoms with van der Waals surface area (Å²) >= 11 is 0. The Balaban J connectivity index is 1.96. The number of benzene rings is 1. The molecule has 3 aromatic rings. The van der Waals surface area contributed by atoms with E-state index in [1.807, 2.05) is 47.0 Å². The number of nitrogens with zero attached hydrogens (tertiary/aromatic N) is 2. The Morgan fingerprint density at radius 3 is 2.62 bits per heavy atom. The summed E-state index contributed by atoms with van der Waals surface area (Å²) in [4.78, 5) is 15.4. The average Bonchev–Trinajstić information content (AvgIpc) is 2.85. The van der Waals surface area contributed by atoms with Gasteiger partial charge in [-0.25, -0.2) is 4.98 Å². The highest BCUT2D eigenvalue weighted by Crippen LogP contribution is 2.17. The number of carboxylic acid groups (broad SMARTS) is 1. The molecule has 0 saturated heterocycles. The first-order valence-corrected chi connectivity index (χ1v) is 6.94. The normalized spacial score (nSPS) is 10.9. The van der Waals surface area contributed by atoms with Crippen molar-refractivity contribution in [3.05, 3.63) is 71.8 Å². The number of aryl methyl sites for hydroxylation is 1. The number of aromatic nitrogens is 2. The first-order valence-electron chi connectivity index (χ1n) is 6.94. The Labute approximate surface area is 122 Å². The molecule has 0 atom stereocenters. The fourth-order valence-electron chi connectivity index (χ4n) is 2.48. The quantitative estimate of drug-likeness (QED) is 0.781. The van der Waals surface area contributed by atoms with Gasteiger partial charge in [0.25, 0.3) is 0 Å². The lowest BCUT2D eigenvalue weighted by atomic mass is 10.1. The Hall–Kier alpha value is -2.62. The number of rotatable bonds is 5. The van der Waals surface area contributed by atoms with Crippen LogP contribution >= 0.6 is 0 Å². The lowest BCUT2D eigenvalue weighted by Gasteiger charge is -2.01. The molecule has 0 aliphatic carbocycles. The van der Waals surface area contributed by atoms with Crippen LogP contribution in [0.2, 0.25) is 0 Å². The van der Waals surface area contributed by atoms with E-state index in [1.54, 1.807) is 0 Å². The van der Waals surface area contributed by atoms with Crippen molar-refractivity contribution in [1.29, 1.82) is 0 Å². The molecule has 1 aromatic carbocycles. The molecule has 0 radical (unpaired) electrons. The minimum absolute atomic E-state index is 0.104. The van der Waals surface area contributed by atoms with Crippen LogP contribution in [-0.2, 0) is 17.6 Å². The van der Waals surface area contributed by atoms with Gasteiger partial charge >= 0.3 is 5.97 Å². The molecule has 0 saturated carbocycles. The first-order chi connectivity index (χ1) is 10.2. The number of imidazole rings is 1. The zero-order chi connectivity index (χ0) is 14.7. The van der Waals surface area contributed by atoms with Gasteiger partial charge in [0, 0.05) is 19.0 Å². The predicted octanol–water partition coefficient (Wildman–Crippen LogP) is 2.94. The first kappa shape index (κ1) is 13.4. The molecule has 0 amide bonds. The summed E-state index contributed by atoms with van der Waals surface area (Å²) in [5.74, 6) is 0.147. The molecule has 0 spiro atoms. The van der Waals surface area contributed by atoms with E-state index in [-0.39, 0.29) is 6.42 Å². The standard InChI is InChI=1S/C17H16N2O2/c20-17(21)10-9-14-15-8-4-5-11-19(15)16(18-14)12-13-6-2-1-3-7-13/h1-8,11H,9-10,12H2,(H,20,21). The van der Waals surface area contributed by atoms with Gasteiger partial charge in [0.15, 0.2) is 0 Å². The SMILES string of the molecule is O=C(O)CCc1nc(Cc2ccccc2)n2ccccc12. The van der Waals surface area contributed by atoms with Crippen LogP contribution in [0.5, 0.6) is 0 Å². The number of pyridine rings is 1. The van der Waals surface area contributed by atoms with Crippen molar-refractivity contribution in [2.45, 2.75) is 19.3 Å². The molecule has 0 aliphatic heterocycles. The number of hydrogen-bond acceptors (Lipinski definition) is 2. The van der Waals surface area contributed by atoms with E-state index >= 15 is 0 Å². The maximum atomic E-state index is 10.8. The molecular weight excluding hydrogens is 264 g/mol. The van der Waals surface area contributed by atoms with E-state index in [2.05, 4.69) is 17.1 Å². The molecule has 4 heteroatoms. The largest absolute Gasteiger partial charge is 0.481 e. The van der Waals surface area contributed by atoms with Crippen LogP contribution in [0.3, 0.4) is 0 Å². The molecule has 3 rings (SSSR count). The third-order valence-corrected chi connectivity index (χ3v) is 3.48. The number of fused-ring (bicyclic) bond motifs is 1. The second-order valence-electron chi connectivity index (χ2n) is 4.99. The van der Waals surface area contributed by atoms with Crippen LogP contribution in [0.1, 0.15) is 23.5 Å². The molecule has 4 nitrogen and oxygen atoms in total. The van der Waals surface area contributed by atoms with E-state index < -0.39 is 5.97 Å². The zero-order valence-corrected chi connectivity index (χ0v) is 11.6. The van der Waals surface area contributed by atoms with Crippen molar-refractivity contribution in [2.24, 2.45) is 0 Å². The molecule has 0 bridgehead atoms. The maximum Gasteiger partial charge on any atom is 0.303 e. The second-order valence-corrected chi connectivity index (χ2v) is 4.99. The number of aliphatic carboxylic acids is 1. The molecule has 0 aliphatic rings. The van der Waals surface area contributed by atoms with Gasteiger partial charge in [-0.2, -0.15) is 0 Å². The Bertz CT molecular complexity index is 763. The fourth-order valence-corrected chi connectivity index (χ4v) is 2.48. The van der Waals surface area contributed by atoms with Crippen molar-refractivity contribution in [3.63, 3.8) is 0 Å². The molecular formula is C17H16N2O2. The highest BCUT2D eigenvalue weighted by atomic mass is 16.4. The maximum absolute atomic E-state index is 10.8. The van der Waals surface area contributed by atoms with Crippen molar-refractivity contribution in [1.82, 2.24) is 9.38 Å². The van der Waals surface area contributed by atoms with E-state index in [4.69, 9.17) is 5.11 Å². The Kier molecular flexibility index (Phi) is 3.69. The van der Waals surface area contributed by atoms with Crippen LogP contribution in [-0.4, -0.2) is 20.5 Å². The number of carboxylic acids is 1. The molecule has 0 unspecified atom stereocenters. The van der Waals surface area contributed by atoms with Gasteiger partial charge in [-0.15, -0.1) is 0 Å². The van der Waals surface area contributed by atoms with Crippen molar-refractivity contribution in [3.8, 4) is 0 Å². The Morgan fingerprint density at radius 1 is 1.10 bits per heavy atom. The molecule has 1 N–H and O–H groups in total. The van der Waals surface area contributed by atoms with Gasteiger partial charge in [0.1, 0.15) is 5.82 Å².